The Morgan fingerprint density at radius 3 is 1.42 bits per heavy atom. The topological polar surface area (TPSA) is 118 Å². The summed E-state index contributed by atoms with van der Waals surface area (Å²) >= 11 is 0. The van der Waals surface area contributed by atoms with E-state index in [9.17, 15) is 19.2 Å². The van der Waals surface area contributed by atoms with Gasteiger partial charge < -0.3 is 0 Å². The van der Waals surface area contributed by atoms with Gasteiger partial charge in [0, 0.05) is 0 Å². The van der Waals surface area contributed by atoms with Gasteiger partial charge in [0.15, 0.2) is 0 Å². The Balaban J connectivity index is 0.000000488. The zero-order chi connectivity index (χ0) is 19.3. The van der Waals surface area contributed by atoms with Crippen LogP contribution in [0.5, 0.6) is 0 Å². The van der Waals surface area contributed by atoms with Crippen LogP contribution in [0, 0.1) is 11.8 Å². The fraction of sp³-hybridized carbons (Fsp3) is 0.778. The van der Waals surface area contributed by atoms with Gasteiger partial charge in [0.05, 0.1) is 26.2 Å². The molecule has 1 aliphatic rings. The van der Waals surface area contributed by atoms with Crippen molar-refractivity contribution in [1.29, 1.82) is 0 Å². The average Bonchev–Trinajstić information content (AvgIpc) is 2.68. The molecule has 1 aliphatic carbocycles. The number of aliphatic imine (C=N–C) groups is 4. The largest absolute Gasteiger partial charge is 0.234 e. The van der Waals surface area contributed by atoms with Crippen LogP contribution in [0.4, 0.5) is 0 Å². The van der Waals surface area contributed by atoms with Crippen LogP contribution in [0.15, 0.2) is 20.0 Å². The summed E-state index contributed by atoms with van der Waals surface area (Å²) in [6, 6.07) is 0. The maximum Gasteiger partial charge on any atom is 0.234 e. The van der Waals surface area contributed by atoms with Crippen LogP contribution in [-0.2, 0) is 19.2 Å². The lowest BCUT2D eigenvalue weighted by Gasteiger charge is -2.26. The Morgan fingerprint density at radius 2 is 1.04 bits per heavy atom. The SMILES string of the molecule is O=C=NCC1CCCC(CN=C=O)C1.O=C=NCCCCCCN=C=O. The van der Waals surface area contributed by atoms with E-state index in [-0.39, 0.29) is 0 Å². The lowest BCUT2D eigenvalue weighted by Crippen LogP contribution is -2.19. The summed E-state index contributed by atoms with van der Waals surface area (Å²) in [4.78, 5) is 53.2. The van der Waals surface area contributed by atoms with E-state index in [1.54, 1.807) is 12.2 Å². The second-order valence-corrected chi connectivity index (χ2v) is 6.12. The van der Waals surface area contributed by atoms with Crippen LogP contribution in [0.1, 0.15) is 51.4 Å². The Morgan fingerprint density at radius 1 is 0.615 bits per heavy atom. The van der Waals surface area contributed by atoms with Crippen molar-refractivity contribution < 1.29 is 19.2 Å². The molecule has 142 valence electrons. The summed E-state index contributed by atoms with van der Waals surface area (Å²) in [7, 11) is 0. The number of isocyanates is 4. The van der Waals surface area contributed by atoms with Crippen molar-refractivity contribution >= 4 is 24.3 Å². The van der Waals surface area contributed by atoms with Crippen molar-refractivity contribution in [2.45, 2.75) is 51.4 Å². The van der Waals surface area contributed by atoms with Crippen molar-refractivity contribution in [3.8, 4) is 0 Å². The predicted molar refractivity (Wildman–Crippen MR) is 95.9 cm³/mol. The summed E-state index contributed by atoms with van der Waals surface area (Å²) < 4.78 is 0. The molecule has 0 aromatic carbocycles. The van der Waals surface area contributed by atoms with Gasteiger partial charge in [0.2, 0.25) is 24.3 Å². The molecule has 0 aliphatic heterocycles. The van der Waals surface area contributed by atoms with E-state index in [0.29, 0.717) is 38.0 Å². The van der Waals surface area contributed by atoms with Crippen molar-refractivity contribution in [3.63, 3.8) is 0 Å². The summed E-state index contributed by atoms with van der Waals surface area (Å²) in [5, 5.41) is 0. The fourth-order valence-corrected chi connectivity index (χ4v) is 2.89. The van der Waals surface area contributed by atoms with E-state index in [0.717, 1.165) is 51.4 Å². The Labute approximate surface area is 153 Å². The molecule has 0 aromatic rings. The highest BCUT2D eigenvalue weighted by atomic mass is 16.1. The first-order valence-electron chi connectivity index (χ1n) is 8.93. The maximum atomic E-state index is 9.94. The Hall–Kier alpha value is -2.48. The van der Waals surface area contributed by atoms with Crippen LogP contribution in [-0.4, -0.2) is 50.5 Å². The highest BCUT2D eigenvalue weighted by molar-refractivity contribution is 5.33. The van der Waals surface area contributed by atoms with Gasteiger partial charge in [0.1, 0.15) is 0 Å². The number of nitrogens with zero attached hydrogens (tertiary/aromatic N) is 4. The van der Waals surface area contributed by atoms with Crippen molar-refractivity contribution in [2.75, 3.05) is 26.2 Å². The minimum atomic E-state index is 0.469. The number of carbonyl (C=O) groups excluding carboxylic acids is 4. The molecule has 1 saturated carbocycles. The first-order valence-corrected chi connectivity index (χ1v) is 8.93. The lowest BCUT2D eigenvalue weighted by molar-refractivity contribution is 0.278. The normalized spacial score (nSPS) is 17.8. The molecule has 8 heteroatoms. The predicted octanol–water partition coefficient (Wildman–Crippen LogP) is 2.68. The Kier molecular flexibility index (Phi) is 17.1. The molecular weight excluding hydrogens is 336 g/mol. The molecule has 2 unspecified atom stereocenters. The molecule has 1 rings (SSSR count). The number of rotatable bonds is 11. The second-order valence-electron chi connectivity index (χ2n) is 6.12. The molecule has 1 fully saturated rings. The maximum absolute atomic E-state index is 9.94. The van der Waals surface area contributed by atoms with Crippen LogP contribution in [0.25, 0.3) is 0 Å². The van der Waals surface area contributed by atoms with Gasteiger partial charge in [-0.05, 0) is 43.9 Å². The average molecular weight is 362 g/mol. The van der Waals surface area contributed by atoms with Gasteiger partial charge in [-0.3, -0.25) is 0 Å². The number of hydrogen-bond acceptors (Lipinski definition) is 8. The summed E-state index contributed by atoms with van der Waals surface area (Å²) in [5.74, 6) is 0.939. The van der Waals surface area contributed by atoms with Crippen molar-refractivity contribution in [1.82, 2.24) is 0 Å². The van der Waals surface area contributed by atoms with E-state index in [1.165, 1.54) is 12.2 Å². The zero-order valence-corrected chi connectivity index (χ0v) is 15.1. The quantitative estimate of drug-likeness (QED) is 0.319. The molecule has 26 heavy (non-hydrogen) atoms. The molecule has 8 nitrogen and oxygen atoms in total. The van der Waals surface area contributed by atoms with Gasteiger partial charge in [-0.2, -0.15) is 0 Å². The summed E-state index contributed by atoms with van der Waals surface area (Å²) in [6.45, 7) is 2.26. The molecule has 0 radical (unpaired) electrons. The zero-order valence-electron chi connectivity index (χ0n) is 15.1. The van der Waals surface area contributed by atoms with Gasteiger partial charge in [0.25, 0.3) is 0 Å². The van der Waals surface area contributed by atoms with E-state index >= 15 is 0 Å². The van der Waals surface area contributed by atoms with Gasteiger partial charge in [-0.15, -0.1) is 0 Å². The summed E-state index contributed by atoms with van der Waals surface area (Å²) in [6.07, 6.45) is 14.3. The van der Waals surface area contributed by atoms with Crippen molar-refractivity contribution in [3.05, 3.63) is 0 Å². The molecule has 2 atom stereocenters. The van der Waals surface area contributed by atoms with Crippen LogP contribution in [0.2, 0.25) is 0 Å². The first kappa shape index (κ1) is 23.5. The third-order valence-corrected chi connectivity index (χ3v) is 4.14. The van der Waals surface area contributed by atoms with E-state index in [1.807, 2.05) is 0 Å². The molecule has 0 bridgehead atoms. The molecule has 0 spiro atoms. The Bertz CT molecular complexity index is 508. The van der Waals surface area contributed by atoms with Gasteiger partial charge >= 0.3 is 0 Å². The van der Waals surface area contributed by atoms with Crippen LogP contribution < -0.4 is 0 Å². The van der Waals surface area contributed by atoms with Gasteiger partial charge in [-0.1, -0.05) is 19.3 Å². The molecule has 0 saturated heterocycles. The third kappa shape index (κ3) is 15.1. The van der Waals surface area contributed by atoms with E-state index < -0.39 is 0 Å². The minimum Gasteiger partial charge on any atom is -0.211 e. The van der Waals surface area contributed by atoms with Crippen LogP contribution >= 0.6 is 0 Å². The van der Waals surface area contributed by atoms with Crippen LogP contribution in [0.3, 0.4) is 0 Å². The molecule has 0 aromatic heterocycles. The smallest absolute Gasteiger partial charge is 0.211 e. The third-order valence-electron chi connectivity index (χ3n) is 4.14. The van der Waals surface area contributed by atoms with Crippen molar-refractivity contribution in [2.24, 2.45) is 31.8 Å². The minimum absolute atomic E-state index is 0.469. The summed E-state index contributed by atoms with van der Waals surface area (Å²) in [5.41, 5.74) is 0. The number of unbranched alkanes of at least 4 members (excludes halogenated alkanes) is 3. The second kappa shape index (κ2) is 18.9. The molecule has 0 amide bonds. The number of hydrogen-bond donors (Lipinski definition) is 0. The first-order chi connectivity index (χ1) is 12.8. The highest BCUT2D eigenvalue weighted by Crippen LogP contribution is 2.29. The monoisotopic (exact) mass is 362 g/mol. The molecule has 0 heterocycles. The molecular formula is C18H26N4O4. The van der Waals surface area contributed by atoms with Gasteiger partial charge in [-0.25, -0.2) is 39.1 Å². The highest BCUT2D eigenvalue weighted by Gasteiger charge is 2.21. The standard InChI is InChI=1S/C10H14N2O2.C8H12N2O2/c13-7-11-5-9-2-1-3-10(4-9)6-12-8-14;11-7-9-5-3-1-2-4-6-10-8-12/h9-10H,1-6H2;1-6H2. The lowest BCUT2D eigenvalue weighted by atomic mass is 9.81. The fourth-order valence-electron chi connectivity index (χ4n) is 2.89. The molecule has 0 N–H and O–H groups in total. The van der Waals surface area contributed by atoms with E-state index in [4.69, 9.17) is 0 Å². The van der Waals surface area contributed by atoms with E-state index in [2.05, 4.69) is 20.0 Å².